The molecule has 0 amide bonds. The summed E-state index contributed by atoms with van der Waals surface area (Å²) in [5.41, 5.74) is 7.29. The molecule has 2 N–H and O–H groups in total. The molecule has 3 rings (SSSR count). The van der Waals surface area contributed by atoms with Gasteiger partial charge in [-0.1, -0.05) is 6.42 Å². The van der Waals surface area contributed by atoms with Gasteiger partial charge in [-0.25, -0.2) is 9.97 Å². The van der Waals surface area contributed by atoms with Gasteiger partial charge >= 0.3 is 0 Å². The molecule has 0 saturated heterocycles. The predicted molar refractivity (Wildman–Crippen MR) is 64.6 cm³/mol. The van der Waals surface area contributed by atoms with Gasteiger partial charge in [-0.2, -0.15) is 0 Å². The Kier molecular flexibility index (Phi) is 2.74. The normalized spacial score (nSPS) is 32.0. The highest BCUT2D eigenvalue weighted by Gasteiger charge is 2.54. The lowest BCUT2D eigenvalue weighted by Crippen LogP contribution is -2.27. The van der Waals surface area contributed by atoms with Crippen LogP contribution in [0.1, 0.15) is 25.0 Å². The summed E-state index contributed by atoms with van der Waals surface area (Å²) in [4.78, 5) is 8.27. The molecule has 2 aliphatic rings. The van der Waals surface area contributed by atoms with E-state index in [1.165, 1.54) is 19.3 Å². The van der Waals surface area contributed by atoms with Gasteiger partial charge in [0.15, 0.2) is 0 Å². The third-order valence-electron chi connectivity index (χ3n) is 4.32. The molecular formula is C13H19N3O. The number of rotatable bonds is 4. The molecule has 1 aromatic heterocycles. The molecule has 1 heterocycles. The Morgan fingerprint density at radius 1 is 1.41 bits per heavy atom. The van der Waals surface area contributed by atoms with Crippen molar-refractivity contribution in [2.75, 3.05) is 7.11 Å². The van der Waals surface area contributed by atoms with Crippen molar-refractivity contribution in [2.24, 2.45) is 23.5 Å². The average molecular weight is 233 g/mol. The van der Waals surface area contributed by atoms with Gasteiger partial charge in [-0.15, -0.1) is 0 Å². The van der Waals surface area contributed by atoms with Crippen molar-refractivity contribution in [3.8, 4) is 5.88 Å². The Morgan fingerprint density at radius 2 is 2.18 bits per heavy atom. The van der Waals surface area contributed by atoms with Gasteiger partial charge in [0, 0.05) is 24.2 Å². The molecule has 2 fully saturated rings. The molecule has 17 heavy (non-hydrogen) atoms. The number of nitrogens with two attached hydrogens (primary N) is 1. The van der Waals surface area contributed by atoms with Gasteiger partial charge in [0.05, 0.1) is 7.11 Å². The first kappa shape index (κ1) is 11.0. The van der Waals surface area contributed by atoms with E-state index in [9.17, 15) is 0 Å². The van der Waals surface area contributed by atoms with Gasteiger partial charge in [-0.05, 0) is 30.6 Å². The number of aromatic nitrogens is 2. The molecule has 4 nitrogen and oxygen atoms in total. The Morgan fingerprint density at radius 3 is 2.88 bits per heavy atom. The topological polar surface area (TPSA) is 61.0 Å². The van der Waals surface area contributed by atoms with Crippen molar-refractivity contribution in [1.82, 2.24) is 9.97 Å². The van der Waals surface area contributed by atoms with Crippen LogP contribution >= 0.6 is 0 Å². The number of nitrogens with zero attached hydrogens (tertiary/aromatic N) is 2. The second-order valence-corrected chi connectivity index (χ2v) is 5.26. The minimum Gasteiger partial charge on any atom is -0.481 e. The first-order valence-electron chi connectivity index (χ1n) is 6.40. The van der Waals surface area contributed by atoms with Gasteiger partial charge in [0.25, 0.3) is 0 Å². The summed E-state index contributed by atoms with van der Waals surface area (Å²) in [5.74, 6) is 3.19. The highest BCUT2D eigenvalue weighted by Crippen LogP contribution is 2.58. The zero-order valence-corrected chi connectivity index (χ0v) is 10.2. The Balaban J connectivity index is 1.62. The molecule has 0 aliphatic heterocycles. The number of methoxy groups -OCH3 is 1. The summed E-state index contributed by atoms with van der Waals surface area (Å²) in [6.45, 7) is 0. The van der Waals surface area contributed by atoms with Crippen LogP contribution in [0, 0.1) is 17.8 Å². The standard InChI is InChI=1S/C13H19N3O/c1-17-12-6-8(15-7-16-12)5-11(14)13-9-3-2-4-10(9)13/h6-7,9-11,13H,2-5,14H2,1H3. The quantitative estimate of drug-likeness (QED) is 0.854. The maximum Gasteiger partial charge on any atom is 0.216 e. The molecule has 2 saturated carbocycles. The van der Waals surface area contributed by atoms with Gasteiger partial charge in [0.1, 0.15) is 6.33 Å². The number of hydrogen-bond donors (Lipinski definition) is 1. The monoisotopic (exact) mass is 233 g/mol. The first-order chi connectivity index (χ1) is 8.29. The Bertz CT molecular complexity index is 399. The maximum absolute atomic E-state index is 6.29. The fraction of sp³-hybridized carbons (Fsp3) is 0.692. The third-order valence-corrected chi connectivity index (χ3v) is 4.32. The first-order valence-corrected chi connectivity index (χ1v) is 6.40. The average Bonchev–Trinajstić information content (AvgIpc) is 2.84. The molecule has 0 aromatic carbocycles. The van der Waals surface area contributed by atoms with Crippen molar-refractivity contribution in [3.63, 3.8) is 0 Å². The van der Waals surface area contributed by atoms with Crippen LogP contribution < -0.4 is 10.5 Å². The minimum atomic E-state index is 0.255. The van der Waals surface area contributed by atoms with E-state index in [0.717, 1.165) is 29.9 Å². The summed E-state index contributed by atoms with van der Waals surface area (Å²) in [6, 6.07) is 2.14. The Labute approximate surface area is 102 Å². The van der Waals surface area contributed by atoms with Crippen molar-refractivity contribution < 1.29 is 4.74 Å². The van der Waals surface area contributed by atoms with E-state index in [1.807, 2.05) is 6.07 Å². The largest absolute Gasteiger partial charge is 0.481 e. The highest BCUT2D eigenvalue weighted by molar-refractivity contribution is 5.16. The van der Waals surface area contributed by atoms with E-state index in [-0.39, 0.29) is 6.04 Å². The number of ether oxygens (including phenoxy) is 1. The summed E-state index contributed by atoms with van der Waals surface area (Å²) >= 11 is 0. The molecule has 3 atom stereocenters. The summed E-state index contributed by atoms with van der Waals surface area (Å²) in [7, 11) is 1.62. The van der Waals surface area contributed by atoms with E-state index in [1.54, 1.807) is 13.4 Å². The van der Waals surface area contributed by atoms with Crippen molar-refractivity contribution >= 4 is 0 Å². The van der Waals surface area contributed by atoms with Crippen LogP contribution in [0.4, 0.5) is 0 Å². The maximum atomic E-state index is 6.29. The van der Waals surface area contributed by atoms with Crippen LogP contribution in [0.3, 0.4) is 0 Å². The molecule has 1 aromatic rings. The van der Waals surface area contributed by atoms with Crippen LogP contribution in [0.25, 0.3) is 0 Å². The zero-order valence-electron chi connectivity index (χ0n) is 10.2. The van der Waals surface area contributed by atoms with Crippen LogP contribution in [-0.2, 0) is 6.42 Å². The smallest absolute Gasteiger partial charge is 0.216 e. The molecule has 0 bridgehead atoms. The molecule has 0 spiro atoms. The van der Waals surface area contributed by atoms with E-state index >= 15 is 0 Å². The molecule has 4 heteroatoms. The van der Waals surface area contributed by atoms with Crippen molar-refractivity contribution in [1.29, 1.82) is 0 Å². The molecule has 92 valence electrons. The van der Waals surface area contributed by atoms with Crippen molar-refractivity contribution in [3.05, 3.63) is 18.1 Å². The summed E-state index contributed by atoms with van der Waals surface area (Å²) in [6.07, 6.45) is 6.57. The lowest BCUT2D eigenvalue weighted by Gasteiger charge is -2.13. The van der Waals surface area contributed by atoms with Crippen molar-refractivity contribution in [2.45, 2.75) is 31.7 Å². The van der Waals surface area contributed by atoms with E-state index in [0.29, 0.717) is 5.88 Å². The van der Waals surface area contributed by atoms with Crippen LogP contribution in [0.2, 0.25) is 0 Å². The van der Waals surface area contributed by atoms with Crippen LogP contribution in [-0.4, -0.2) is 23.1 Å². The lowest BCUT2D eigenvalue weighted by atomic mass is 10.0. The third kappa shape index (κ3) is 2.02. The Hall–Kier alpha value is -1.16. The summed E-state index contributed by atoms with van der Waals surface area (Å²) in [5, 5.41) is 0. The van der Waals surface area contributed by atoms with Crippen LogP contribution in [0.5, 0.6) is 5.88 Å². The second-order valence-electron chi connectivity index (χ2n) is 5.26. The predicted octanol–water partition coefficient (Wildman–Crippen LogP) is 1.40. The van der Waals surface area contributed by atoms with Gasteiger partial charge < -0.3 is 10.5 Å². The number of hydrogen-bond acceptors (Lipinski definition) is 4. The lowest BCUT2D eigenvalue weighted by molar-refractivity contribution is 0.395. The zero-order chi connectivity index (χ0) is 11.8. The fourth-order valence-electron chi connectivity index (χ4n) is 3.49. The molecule has 0 radical (unpaired) electrons. The summed E-state index contributed by atoms with van der Waals surface area (Å²) < 4.78 is 5.10. The van der Waals surface area contributed by atoms with E-state index < -0.39 is 0 Å². The molecular weight excluding hydrogens is 214 g/mol. The number of fused-ring (bicyclic) bond motifs is 1. The minimum absolute atomic E-state index is 0.255. The fourth-order valence-corrected chi connectivity index (χ4v) is 3.49. The van der Waals surface area contributed by atoms with Crippen LogP contribution in [0.15, 0.2) is 12.4 Å². The second kappa shape index (κ2) is 4.26. The van der Waals surface area contributed by atoms with E-state index in [2.05, 4.69) is 9.97 Å². The van der Waals surface area contributed by atoms with Gasteiger partial charge in [0.2, 0.25) is 5.88 Å². The SMILES string of the molecule is COc1cc(CC(N)C2C3CCCC32)ncn1. The highest BCUT2D eigenvalue weighted by atomic mass is 16.5. The molecule has 2 aliphatic carbocycles. The van der Waals surface area contributed by atoms with Gasteiger partial charge in [-0.3, -0.25) is 0 Å². The van der Waals surface area contributed by atoms with E-state index in [4.69, 9.17) is 10.5 Å². The molecule has 3 unspecified atom stereocenters.